The second-order valence-corrected chi connectivity index (χ2v) is 15.8. The van der Waals surface area contributed by atoms with Gasteiger partial charge < -0.3 is 5.11 Å². The molecule has 0 radical (unpaired) electrons. The molecular formula is C41H50O. The quantitative estimate of drug-likeness (QED) is 0.332. The number of benzene rings is 3. The Bertz CT molecular complexity index is 1490. The van der Waals surface area contributed by atoms with Crippen molar-refractivity contribution in [2.24, 2.45) is 59.2 Å². The van der Waals surface area contributed by atoms with Crippen molar-refractivity contribution in [3.63, 3.8) is 0 Å². The largest absolute Gasteiger partial charge is 0.507 e. The molecule has 3 aromatic carbocycles. The Morgan fingerprint density at radius 2 is 1.14 bits per heavy atom. The van der Waals surface area contributed by atoms with Crippen molar-refractivity contribution in [2.75, 3.05) is 0 Å². The van der Waals surface area contributed by atoms with Crippen molar-refractivity contribution in [3.05, 3.63) is 65.7 Å². The smallest absolute Gasteiger partial charge is 0.126 e. The van der Waals surface area contributed by atoms with Crippen LogP contribution in [0.25, 0.3) is 21.9 Å². The highest BCUT2D eigenvalue weighted by Gasteiger charge is 2.62. The van der Waals surface area contributed by atoms with E-state index in [1.54, 1.807) is 25.7 Å². The van der Waals surface area contributed by atoms with Crippen LogP contribution < -0.4 is 0 Å². The van der Waals surface area contributed by atoms with Gasteiger partial charge in [0.15, 0.2) is 0 Å². The highest BCUT2D eigenvalue weighted by Crippen LogP contribution is 2.69. The van der Waals surface area contributed by atoms with Gasteiger partial charge in [0.25, 0.3) is 0 Å². The Hall–Kier alpha value is -2.28. The molecule has 0 heterocycles. The number of para-hydroxylation sites is 1. The fraction of sp³-hybridized carbons (Fsp3) is 0.610. The topological polar surface area (TPSA) is 20.2 Å². The molecule has 6 fully saturated rings. The van der Waals surface area contributed by atoms with Crippen LogP contribution in [0.3, 0.4) is 0 Å². The highest BCUT2D eigenvalue weighted by molar-refractivity contribution is 5.92. The number of phenols is 1. The normalized spacial score (nSPS) is 40.5. The van der Waals surface area contributed by atoms with Gasteiger partial charge in [-0.25, -0.2) is 0 Å². The first-order chi connectivity index (χ1) is 20.7. The Morgan fingerprint density at radius 1 is 0.524 bits per heavy atom. The molecule has 6 aliphatic rings. The summed E-state index contributed by atoms with van der Waals surface area (Å²) in [6, 6.07) is 19.8. The Balaban J connectivity index is 1.06. The van der Waals surface area contributed by atoms with Gasteiger partial charge in [0.2, 0.25) is 0 Å². The minimum absolute atomic E-state index is 0.509. The summed E-state index contributed by atoms with van der Waals surface area (Å²) >= 11 is 0. The zero-order chi connectivity index (χ0) is 27.9. The highest BCUT2D eigenvalue weighted by atomic mass is 16.3. The maximum absolute atomic E-state index is 11.9. The summed E-state index contributed by atoms with van der Waals surface area (Å²) in [5, 5.41) is 14.5. The van der Waals surface area contributed by atoms with Gasteiger partial charge in [0, 0.05) is 5.56 Å². The SMILES string of the molecule is Cc1c(-c2cccc(C3CCC4C(C3)C3CCCC5C6CCCCC6C6CCCC4C6C53)c2O)ccc2ccccc12. The minimum Gasteiger partial charge on any atom is -0.507 e. The van der Waals surface area contributed by atoms with Crippen molar-refractivity contribution < 1.29 is 5.11 Å². The van der Waals surface area contributed by atoms with Crippen LogP contribution in [0.1, 0.15) is 101 Å². The summed E-state index contributed by atoms with van der Waals surface area (Å²) in [4.78, 5) is 0. The number of hydrogen-bond acceptors (Lipinski definition) is 1. The van der Waals surface area contributed by atoms with Gasteiger partial charge in [-0.1, -0.05) is 80.3 Å². The van der Waals surface area contributed by atoms with Crippen LogP contribution in [0.4, 0.5) is 0 Å². The van der Waals surface area contributed by atoms with Crippen LogP contribution in [0.2, 0.25) is 0 Å². The van der Waals surface area contributed by atoms with Crippen molar-refractivity contribution in [1.82, 2.24) is 0 Å². The summed E-state index contributed by atoms with van der Waals surface area (Å²) in [6.07, 6.45) is 19.3. The number of phenolic OH excluding ortho intramolecular Hbond substituents is 1. The first-order valence-electron chi connectivity index (χ1n) is 18.0. The van der Waals surface area contributed by atoms with Gasteiger partial charge >= 0.3 is 0 Å². The second-order valence-electron chi connectivity index (χ2n) is 15.8. The standard InChI is InChI=1S/C41H50O/c1-24-27-10-3-2-9-25(27)19-21-28(24)37-18-6-13-29(41(37)42)26-20-22-32-35-16-7-14-33-30-11-4-5-12-31(30)34-15-8-17-36(38(32)23-26)40(34)39(33)35/h2-3,6,9-10,13,18-19,21,26,30-36,38-40,42H,4-5,7-8,11-12,14-17,20,22-23H2,1H3. The third-order valence-corrected chi connectivity index (χ3v) is 14.6. The number of aromatic hydroxyl groups is 1. The molecule has 6 aliphatic carbocycles. The number of fused-ring (bicyclic) bond motifs is 7. The van der Waals surface area contributed by atoms with Crippen molar-refractivity contribution in [3.8, 4) is 16.9 Å². The molecule has 0 spiro atoms. The summed E-state index contributed by atoms with van der Waals surface area (Å²) < 4.78 is 0. The number of rotatable bonds is 2. The third-order valence-electron chi connectivity index (χ3n) is 14.6. The van der Waals surface area contributed by atoms with Crippen LogP contribution in [0.5, 0.6) is 5.75 Å². The Labute approximate surface area is 253 Å². The van der Waals surface area contributed by atoms with E-state index in [1.807, 2.05) is 0 Å². The van der Waals surface area contributed by atoms with Gasteiger partial charge in [-0.05, 0) is 157 Å². The van der Waals surface area contributed by atoms with Crippen LogP contribution in [-0.2, 0) is 0 Å². The van der Waals surface area contributed by atoms with E-state index in [2.05, 4.69) is 61.5 Å². The summed E-state index contributed by atoms with van der Waals surface area (Å²) in [7, 11) is 0. The fourth-order valence-electron chi connectivity index (χ4n) is 13.3. The minimum atomic E-state index is 0.509. The molecule has 0 amide bonds. The summed E-state index contributed by atoms with van der Waals surface area (Å²) in [5.41, 5.74) is 4.74. The lowest BCUT2D eigenvalue weighted by Gasteiger charge is -2.67. The maximum atomic E-state index is 11.9. The van der Waals surface area contributed by atoms with Crippen LogP contribution in [0, 0.1) is 66.1 Å². The van der Waals surface area contributed by atoms with Crippen LogP contribution >= 0.6 is 0 Å². The van der Waals surface area contributed by atoms with E-state index in [0.29, 0.717) is 11.7 Å². The van der Waals surface area contributed by atoms with Gasteiger partial charge in [0.05, 0.1) is 0 Å². The van der Waals surface area contributed by atoms with Crippen LogP contribution in [-0.4, -0.2) is 5.11 Å². The molecule has 0 aromatic heterocycles. The molecule has 1 nitrogen and oxygen atoms in total. The maximum Gasteiger partial charge on any atom is 0.126 e. The molecule has 42 heavy (non-hydrogen) atoms. The van der Waals surface area contributed by atoms with Crippen molar-refractivity contribution in [2.45, 2.75) is 96.3 Å². The zero-order valence-corrected chi connectivity index (χ0v) is 25.7. The lowest BCUT2D eigenvalue weighted by molar-refractivity contribution is -0.188. The molecule has 1 heteroatoms. The van der Waals surface area contributed by atoms with Gasteiger partial charge in [-0.15, -0.1) is 0 Å². The summed E-state index contributed by atoms with van der Waals surface area (Å²) in [6.45, 7) is 2.23. The zero-order valence-electron chi connectivity index (χ0n) is 25.7. The first kappa shape index (κ1) is 26.2. The predicted molar refractivity (Wildman–Crippen MR) is 173 cm³/mol. The Morgan fingerprint density at radius 3 is 1.86 bits per heavy atom. The molecule has 11 atom stereocenters. The molecule has 0 saturated heterocycles. The van der Waals surface area contributed by atoms with Crippen LogP contribution in [0.15, 0.2) is 54.6 Å². The predicted octanol–water partition coefficient (Wildman–Crippen LogP) is 10.9. The van der Waals surface area contributed by atoms with Gasteiger partial charge in [-0.3, -0.25) is 0 Å². The molecule has 9 rings (SSSR count). The van der Waals surface area contributed by atoms with Gasteiger partial charge in [-0.2, -0.15) is 0 Å². The number of hydrogen-bond donors (Lipinski definition) is 1. The van der Waals surface area contributed by atoms with Gasteiger partial charge in [0.1, 0.15) is 5.75 Å². The van der Waals surface area contributed by atoms with E-state index in [0.717, 1.165) is 64.7 Å². The molecule has 11 unspecified atom stereocenters. The second kappa shape index (κ2) is 10.1. The van der Waals surface area contributed by atoms with Crippen molar-refractivity contribution in [1.29, 1.82) is 0 Å². The molecule has 0 aliphatic heterocycles. The molecule has 1 N–H and O–H groups in total. The number of aryl methyl sites for hydroxylation is 1. The Kier molecular flexibility index (Phi) is 6.31. The third kappa shape index (κ3) is 3.80. The molecular weight excluding hydrogens is 508 g/mol. The lowest BCUT2D eigenvalue weighted by atomic mass is 9.37. The monoisotopic (exact) mass is 558 g/mol. The van der Waals surface area contributed by atoms with E-state index in [4.69, 9.17) is 0 Å². The van der Waals surface area contributed by atoms with Crippen molar-refractivity contribution >= 4 is 10.8 Å². The van der Waals surface area contributed by atoms with E-state index >= 15 is 0 Å². The van der Waals surface area contributed by atoms with E-state index < -0.39 is 0 Å². The molecule has 3 aromatic rings. The van der Waals surface area contributed by atoms with E-state index in [9.17, 15) is 5.11 Å². The lowest BCUT2D eigenvalue weighted by Crippen LogP contribution is -2.61. The molecule has 6 saturated carbocycles. The summed E-state index contributed by atoms with van der Waals surface area (Å²) in [5.74, 6) is 11.3. The van der Waals surface area contributed by atoms with E-state index in [-0.39, 0.29) is 0 Å². The average molecular weight is 559 g/mol. The molecule has 0 bridgehead atoms. The van der Waals surface area contributed by atoms with E-state index in [1.165, 1.54) is 85.3 Å². The molecule has 220 valence electrons. The first-order valence-corrected chi connectivity index (χ1v) is 18.0. The fourth-order valence-corrected chi connectivity index (χ4v) is 13.3. The average Bonchev–Trinajstić information content (AvgIpc) is 3.05.